The molecule has 2 aliphatic heterocycles. The summed E-state index contributed by atoms with van der Waals surface area (Å²) >= 11 is 0. The Morgan fingerprint density at radius 2 is 2.28 bits per heavy atom. The maximum Gasteiger partial charge on any atom is 0.279 e. The molecule has 1 amide bonds. The van der Waals surface area contributed by atoms with Crippen molar-refractivity contribution in [3.8, 4) is 5.75 Å². The topological polar surface area (TPSA) is 59.4 Å². The number of halogens is 1. The van der Waals surface area contributed by atoms with E-state index in [9.17, 15) is 9.18 Å². The zero-order chi connectivity index (χ0) is 17.4. The standard InChI is InChI=1S/C18H21FN4O2/c1-12-11-22(16-5-4-13(19)9-17(16)25-12)18(24)15-6-8-23(21-15)14-3-2-7-20-10-14/h4-6,8-9,12,14,20H,2-3,7,10-11H2,1H3. The van der Waals surface area contributed by atoms with Crippen LogP contribution in [-0.2, 0) is 0 Å². The van der Waals surface area contributed by atoms with Gasteiger partial charge in [0.15, 0.2) is 5.69 Å². The molecular formula is C18H21FN4O2. The van der Waals surface area contributed by atoms with E-state index in [0.29, 0.717) is 23.7 Å². The molecule has 0 aliphatic carbocycles. The van der Waals surface area contributed by atoms with Crippen LogP contribution in [0.15, 0.2) is 30.5 Å². The quantitative estimate of drug-likeness (QED) is 0.909. The van der Waals surface area contributed by atoms with Gasteiger partial charge in [-0.1, -0.05) is 0 Å². The van der Waals surface area contributed by atoms with E-state index >= 15 is 0 Å². The van der Waals surface area contributed by atoms with Crippen LogP contribution in [0.4, 0.5) is 10.1 Å². The normalized spacial score (nSPS) is 23.0. The van der Waals surface area contributed by atoms with Crippen molar-refractivity contribution in [1.29, 1.82) is 0 Å². The number of rotatable bonds is 2. The number of carbonyl (C=O) groups is 1. The first-order valence-corrected chi connectivity index (χ1v) is 8.66. The van der Waals surface area contributed by atoms with Crippen molar-refractivity contribution in [1.82, 2.24) is 15.1 Å². The van der Waals surface area contributed by atoms with Crippen LogP contribution in [0.3, 0.4) is 0 Å². The summed E-state index contributed by atoms with van der Waals surface area (Å²) in [5, 5.41) is 7.85. The molecule has 2 aliphatic rings. The molecule has 0 bridgehead atoms. The van der Waals surface area contributed by atoms with Gasteiger partial charge in [-0.3, -0.25) is 14.4 Å². The molecule has 6 nitrogen and oxygen atoms in total. The number of carbonyl (C=O) groups excluding carboxylic acids is 1. The summed E-state index contributed by atoms with van der Waals surface area (Å²) in [7, 11) is 0. The van der Waals surface area contributed by atoms with Gasteiger partial charge in [0.2, 0.25) is 0 Å². The molecule has 7 heteroatoms. The average Bonchev–Trinajstić information content (AvgIpc) is 3.11. The van der Waals surface area contributed by atoms with E-state index in [0.717, 1.165) is 25.9 Å². The molecule has 0 radical (unpaired) electrons. The lowest BCUT2D eigenvalue weighted by molar-refractivity contribution is 0.0954. The number of hydrogen-bond acceptors (Lipinski definition) is 4. The first-order valence-electron chi connectivity index (χ1n) is 8.66. The van der Waals surface area contributed by atoms with Crippen molar-refractivity contribution < 1.29 is 13.9 Å². The molecule has 1 aromatic carbocycles. The molecule has 3 heterocycles. The van der Waals surface area contributed by atoms with Gasteiger partial charge in [0.1, 0.15) is 17.7 Å². The zero-order valence-electron chi connectivity index (χ0n) is 14.1. The van der Waals surface area contributed by atoms with E-state index in [1.165, 1.54) is 12.1 Å². The van der Waals surface area contributed by atoms with Crippen LogP contribution in [0, 0.1) is 5.82 Å². The molecule has 2 aromatic rings. The summed E-state index contributed by atoms with van der Waals surface area (Å²) in [5.41, 5.74) is 0.980. The molecular weight excluding hydrogens is 323 g/mol. The highest BCUT2D eigenvalue weighted by atomic mass is 19.1. The molecule has 1 N–H and O–H groups in total. The Hall–Kier alpha value is -2.41. The first-order chi connectivity index (χ1) is 12.1. The highest BCUT2D eigenvalue weighted by molar-refractivity contribution is 6.05. The van der Waals surface area contributed by atoms with Gasteiger partial charge in [-0.05, 0) is 44.5 Å². The Balaban J connectivity index is 1.60. The van der Waals surface area contributed by atoms with Crippen molar-refractivity contribution >= 4 is 11.6 Å². The van der Waals surface area contributed by atoms with Gasteiger partial charge in [-0.15, -0.1) is 0 Å². The van der Waals surface area contributed by atoms with Crippen LogP contribution < -0.4 is 15.0 Å². The molecule has 1 aromatic heterocycles. The van der Waals surface area contributed by atoms with Gasteiger partial charge >= 0.3 is 0 Å². The zero-order valence-corrected chi connectivity index (χ0v) is 14.1. The second kappa shape index (κ2) is 6.48. The minimum Gasteiger partial charge on any atom is -0.487 e. The lowest BCUT2D eigenvalue weighted by Crippen LogP contribution is -2.42. The predicted octanol–water partition coefficient (Wildman–Crippen LogP) is 2.37. The second-order valence-corrected chi connectivity index (χ2v) is 6.64. The van der Waals surface area contributed by atoms with Crippen LogP contribution in [0.1, 0.15) is 36.3 Å². The van der Waals surface area contributed by atoms with Gasteiger partial charge in [-0.2, -0.15) is 5.10 Å². The highest BCUT2D eigenvalue weighted by Gasteiger charge is 2.30. The molecule has 1 saturated heterocycles. The van der Waals surface area contributed by atoms with Crippen LogP contribution in [0.5, 0.6) is 5.75 Å². The molecule has 2 unspecified atom stereocenters. The highest BCUT2D eigenvalue weighted by Crippen LogP contribution is 2.34. The van der Waals surface area contributed by atoms with Gasteiger partial charge < -0.3 is 10.1 Å². The number of piperidine rings is 1. The number of ether oxygens (including phenoxy) is 1. The second-order valence-electron chi connectivity index (χ2n) is 6.64. The van der Waals surface area contributed by atoms with Gasteiger partial charge in [-0.25, -0.2) is 4.39 Å². The largest absolute Gasteiger partial charge is 0.487 e. The minimum atomic E-state index is -0.380. The number of hydrogen-bond donors (Lipinski definition) is 1. The maximum absolute atomic E-state index is 13.5. The third-order valence-electron chi connectivity index (χ3n) is 4.70. The van der Waals surface area contributed by atoms with E-state index in [1.807, 2.05) is 17.8 Å². The van der Waals surface area contributed by atoms with E-state index in [1.54, 1.807) is 17.0 Å². The number of amides is 1. The number of nitrogens with zero attached hydrogens (tertiary/aromatic N) is 3. The van der Waals surface area contributed by atoms with E-state index < -0.39 is 0 Å². The summed E-state index contributed by atoms with van der Waals surface area (Å²) in [6, 6.07) is 6.26. The van der Waals surface area contributed by atoms with Gasteiger partial charge in [0, 0.05) is 18.8 Å². The number of aromatic nitrogens is 2. The van der Waals surface area contributed by atoms with Crippen molar-refractivity contribution in [3.05, 3.63) is 42.0 Å². The lowest BCUT2D eigenvalue weighted by Gasteiger charge is -2.33. The van der Waals surface area contributed by atoms with Crippen LogP contribution in [-0.4, -0.2) is 41.4 Å². The number of nitrogens with one attached hydrogen (secondary N) is 1. The maximum atomic E-state index is 13.5. The lowest BCUT2D eigenvalue weighted by atomic mass is 10.1. The van der Waals surface area contributed by atoms with Crippen molar-refractivity contribution in [2.45, 2.75) is 31.9 Å². The monoisotopic (exact) mass is 344 g/mol. The van der Waals surface area contributed by atoms with E-state index in [2.05, 4.69) is 10.4 Å². The SMILES string of the molecule is CC1CN(C(=O)c2ccn(C3CCCNC3)n2)c2ccc(F)cc2O1. The van der Waals surface area contributed by atoms with Crippen LogP contribution >= 0.6 is 0 Å². The Labute approximate surface area is 145 Å². The van der Waals surface area contributed by atoms with E-state index in [4.69, 9.17) is 4.74 Å². The van der Waals surface area contributed by atoms with Crippen LogP contribution in [0.2, 0.25) is 0 Å². The fraction of sp³-hybridized carbons (Fsp3) is 0.444. The summed E-state index contributed by atoms with van der Waals surface area (Å²) in [6.07, 6.45) is 3.82. The number of benzene rings is 1. The number of fused-ring (bicyclic) bond motifs is 1. The van der Waals surface area contributed by atoms with E-state index in [-0.39, 0.29) is 23.9 Å². The Kier molecular flexibility index (Phi) is 4.17. The third kappa shape index (κ3) is 3.11. The molecule has 1 fully saturated rings. The molecule has 4 rings (SSSR count). The molecule has 25 heavy (non-hydrogen) atoms. The third-order valence-corrected chi connectivity index (χ3v) is 4.70. The van der Waals surface area contributed by atoms with Crippen molar-refractivity contribution in [3.63, 3.8) is 0 Å². The fourth-order valence-corrected chi connectivity index (χ4v) is 3.46. The minimum absolute atomic E-state index is 0.189. The Morgan fingerprint density at radius 3 is 3.08 bits per heavy atom. The van der Waals surface area contributed by atoms with Gasteiger partial charge in [0.05, 0.1) is 18.3 Å². The van der Waals surface area contributed by atoms with Gasteiger partial charge in [0.25, 0.3) is 5.91 Å². The van der Waals surface area contributed by atoms with Crippen LogP contribution in [0.25, 0.3) is 0 Å². The smallest absolute Gasteiger partial charge is 0.279 e. The summed E-state index contributed by atoms with van der Waals surface area (Å²) in [5.74, 6) is -0.178. The number of anilines is 1. The molecule has 2 atom stereocenters. The molecule has 132 valence electrons. The Bertz CT molecular complexity index is 785. The molecule has 0 spiro atoms. The molecule has 0 saturated carbocycles. The average molecular weight is 344 g/mol. The summed E-state index contributed by atoms with van der Waals surface area (Å²) in [6.45, 7) is 4.17. The Morgan fingerprint density at radius 1 is 1.40 bits per heavy atom. The predicted molar refractivity (Wildman–Crippen MR) is 91.5 cm³/mol. The first kappa shape index (κ1) is 16.1. The van der Waals surface area contributed by atoms with Crippen molar-refractivity contribution in [2.24, 2.45) is 0 Å². The summed E-state index contributed by atoms with van der Waals surface area (Å²) in [4.78, 5) is 14.6. The van der Waals surface area contributed by atoms with Crippen molar-refractivity contribution in [2.75, 3.05) is 24.5 Å². The fourth-order valence-electron chi connectivity index (χ4n) is 3.46. The summed E-state index contributed by atoms with van der Waals surface area (Å²) < 4.78 is 21.0.